The second-order valence-corrected chi connectivity index (χ2v) is 13.1. The third-order valence-corrected chi connectivity index (χ3v) is 10.4. The number of rotatable bonds is 4. The minimum absolute atomic E-state index is 0.149. The Labute approximate surface area is 249 Å². The molecular weight excluding hydrogens is 522 g/mol. The van der Waals surface area contributed by atoms with Crippen molar-refractivity contribution in [2.75, 3.05) is 33.3 Å². The van der Waals surface area contributed by atoms with Gasteiger partial charge in [0.15, 0.2) is 0 Å². The van der Waals surface area contributed by atoms with Crippen LogP contribution in [0.25, 0.3) is 28.2 Å². The molecule has 4 heterocycles. The summed E-state index contributed by atoms with van der Waals surface area (Å²) in [7, 11) is 1.43. The van der Waals surface area contributed by atoms with Crippen LogP contribution in [0, 0.1) is 5.92 Å². The minimum Gasteiger partial charge on any atom is -0.465 e. The molecule has 0 radical (unpaired) electrons. The van der Waals surface area contributed by atoms with Crippen LogP contribution < -0.4 is 0 Å². The number of benzene rings is 2. The van der Waals surface area contributed by atoms with Crippen molar-refractivity contribution >= 4 is 28.9 Å². The first-order valence-corrected chi connectivity index (χ1v) is 16.1. The lowest BCUT2D eigenvalue weighted by atomic mass is 9.81. The van der Waals surface area contributed by atoms with Gasteiger partial charge in [0, 0.05) is 47.7 Å². The molecule has 0 spiro atoms. The van der Waals surface area contributed by atoms with Gasteiger partial charge in [0.05, 0.1) is 24.9 Å². The molecule has 2 aromatic carbocycles. The molecule has 1 aromatic heterocycles. The summed E-state index contributed by atoms with van der Waals surface area (Å²) in [6.45, 7) is 6.87. The molecule has 1 aliphatic carbocycles. The van der Waals surface area contributed by atoms with Crippen molar-refractivity contribution in [1.82, 2.24) is 14.4 Å². The zero-order valence-corrected chi connectivity index (χ0v) is 25.1. The largest absolute Gasteiger partial charge is 0.465 e. The average Bonchev–Trinajstić information content (AvgIpc) is 3.56. The van der Waals surface area contributed by atoms with E-state index in [1.54, 1.807) is 0 Å². The van der Waals surface area contributed by atoms with Crippen LogP contribution in [-0.2, 0) is 16.1 Å². The van der Waals surface area contributed by atoms with E-state index in [2.05, 4.69) is 57.7 Å². The zero-order valence-electron chi connectivity index (χ0n) is 25.1. The van der Waals surface area contributed by atoms with Gasteiger partial charge >= 0.3 is 5.97 Å². The summed E-state index contributed by atoms with van der Waals surface area (Å²) >= 11 is 0. The molecule has 1 unspecified atom stereocenters. The Hall–Kier alpha value is -3.38. The maximum absolute atomic E-state index is 14.2. The Bertz CT molecular complexity index is 1540. The summed E-state index contributed by atoms with van der Waals surface area (Å²) in [6, 6.07) is 15.1. The van der Waals surface area contributed by atoms with Crippen molar-refractivity contribution < 1.29 is 14.3 Å². The highest BCUT2D eigenvalue weighted by atomic mass is 16.5. The predicted octanol–water partition coefficient (Wildman–Crippen LogP) is 6.87. The van der Waals surface area contributed by atoms with Crippen molar-refractivity contribution in [2.45, 2.75) is 76.8 Å². The van der Waals surface area contributed by atoms with E-state index in [-0.39, 0.29) is 11.9 Å². The van der Waals surface area contributed by atoms with Gasteiger partial charge in [0.1, 0.15) is 0 Å². The van der Waals surface area contributed by atoms with Crippen LogP contribution in [0.15, 0.2) is 48.0 Å². The molecule has 7 rings (SSSR count). The van der Waals surface area contributed by atoms with Crippen molar-refractivity contribution in [2.24, 2.45) is 5.92 Å². The van der Waals surface area contributed by atoms with Crippen molar-refractivity contribution in [3.63, 3.8) is 0 Å². The van der Waals surface area contributed by atoms with E-state index in [1.807, 2.05) is 12.1 Å². The van der Waals surface area contributed by atoms with Crippen molar-refractivity contribution in [3.05, 3.63) is 64.7 Å². The second-order valence-electron chi connectivity index (χ2n) is 13.1. The smallest absolute Gasteiger partial charge is 0.337 e. The molecule has 42 heavy (non-hydrogen) atoms. The van der Waals surface area contributed by atoms with Crippen LogP contribution in [0.3, 0.4) is 0 Å². The third-order valence-electron chi connectivity index (χ3n) is 10.4. The highest BCUT2D eigenvalue weighted by molar-refractivity contribution is 6.03. The summed E-state index contributed by atoms with van der Waals surface area (Å²) in [6.07, 6.45) is 11.7. The Morgan fingerprint density at radius 3 is 2.43 bits per heavy atom. The number of likely N-dealkylation sites (tertiary alicyclic amines) is 2. The topological polar surface area (TPSA) is 54.8 Å². The van der Waals surface area contributed by atoms with Crippen LogP contribution >= 0.6 is 0 Å². The molecule has 1 atom stereocenters. The molecule has 220 valence electrons. The number of hydrogen-bond donors (Lipinski definition) is 0. The van der Waals surface area contributed by atoms with Gasteiger partial charge in [0.25, 0.3) is 5.91 Å². The molecule has 3 fully saturated rings. The lowest BCUT2D eigenvalue weighted by Gasteiger charge is -2.37. The second kappa shape index (κ2) is 11.4. The van der Waals surface area contributed by atoms with E-state index in [4.69, 9.17) is 4.74 Å². The average molecular weight is 566 g/mol. The molecular formula is C36H43N3O3. The van der Waals surface area contributed by atoms with E-state index in [0.29, 0.717) is 24.1 Å². The molecule has 1 saturated carbocycles. The zero-order chi connectivity index (χ0) is 28.8. The highest BCUT2D eigenvalue weighted by Crippen LogP contribution is 2.46. The number of aromatic nitrogens is 1. The Kier molecular flexibility index (Phi) is 7.43. The number of esters is 1. The third kappa shape index (κ3) is 4.88. The van der Waals surface area contributed by atoms with Gasteiger partial charge in [-0.3, -0.25) is 9.69 Å². The van der Waals surface area contributed by atoms with E-state index < -0.39 is 0 Å². The summed E-state index contributed by atoms with van der Waals surface area (Å²) in [5.74, 6) is 1.07. The number of methoxy groups -OCH3 is 1. The van der Waals surface area contributed by atoms with E-state index >= 15 is 0 Å². The lowest BCUT2D eigenvalue weighted by molar-refractivity contribution is -0.128. The van der Waals surface area contributed by atoms with Gasteiger partial charge in [0.2, 0.25) is 0 Å². The number of nitrogens with zero attached hydrogens (tertiary/aromatic N) is 3. The predicted molar refractivity (Wildman–Crippen MR) is 167 cm³/mol. The number of carbonyl (C=O) groups is 2. The molecule has 3 aliphatic heterocycles. The summed E-state index contributed by atoms with van der Waals surface area (Å²) in [4.78, 5) is 31.6. The van der Waals surface area contributed by atoms with E-state index in [1.165, 1.54) is 80.9 Å². The fraction of sp³-hybridized carbons (Fsp3) is 0.500. The van der Waals surface area contributed by atoms with E-state index in [9.17, 15) is 9.59 Å². The molecule has 0 bridgehead atoms. The molecule has 1 amide bonds. The van der Waals surface area contributed by atoms with Gasteiger partial charge in [-0.2, -0.15) is 0 Å². The van der Waals surface area contributed by atoms with Crippen molar-refractivity contribution in [3.8, 4) is 11.3 Å². The summed E-state index contributed by atoms with van der Waals surface area (Å²) < 4.78 is 7.43. The number of ether oxygens (including phenoxy) is 1. The van der Waals surface area contributed by atoms with Crippen LogP contribution in [0.2, 0.25) is 0 Å². The molecule has 4 aliphatic rings. The molecule has 2 saturated heterocycles. The van der Waals surface area contributed by atoms with E-state index in [0.717, 1.165) is 48.5 Å². The highest BCUT2D eigenvalue weighted by Gasteiger charge is 2.34. The van der Waals surface area contributed by atoms with Gasteiger partial charge in [-0.1, -0.05) is 56.5 Å². The van der Waals surface area contributed by atoms with Crippen molar-refractivity contribution in [1.29, 1.82) is 0 Å². The quantitative estimate of drug-likeness (QED) is 0.324. The molecule has 6 heteroatoms. The lowest BCUT2D eigenvalue weighted by Crippen LogP contribution is -2.46. The molecule has 6 nitrogen and oxygen atoms in total. The standard InChI is InChI=1S/C36H43N3O3/c1-24-14-17-38(22-24)29-15-18-37(19-16-29)35(40)28-20-26-10-6-7-11-30(26)34-33(25-8-4-3-5-9-25)31-13-12-27(36(41)42-2)21-32(31)39(34)23-28/h6-7,10-13,20-21,24-25,29H,3-5,8-9,14-19,22-23H2,1-2H3. The SMILES string of the molecule is COC(=O)c1ccc2c(C3CCCCC3)c3n(c2c1)CC(C(=O)N1CCC(N2CCC(C)C2)CC1)=Cc1ccccc1-3. The summed E-state index contributed by atoms with van der Waals surface area (Å²) in [5.41, 5.74) is 7.28. The normalized spacial score (nSPS) is 22.0. The maximum Gasteiger partial charge on any atom is 0.337 e. The molecule has 0 N–H and O–H groups in total. The number of fused-ring (bicyclic) bond motifs is 5. The first kappa shape index (κ1) is 27.5. The number of piperidine rings is 1. The number of amides is 1. The monoisotopic (exact) mass is 565 g/mol. The Morgan fingerprint density at radius 2 is 1.69 bits per heavy atom. The summed E-state index contributed by atoms with van der Waals surface area (Å²) in [5, 5.41) is 1.20. The molecule has 3 aromatic rings. The van der Waals surface area contributed by atoms with Crippen LogP contribution in [-0.4, -0.2) is 65.6 Å². The Morgan fingerprint density at radius 1 is 0.905 bits per heavy atom. The van der Waals surface area contributed by atoms with Gasteiger partial charge in [-0.15, -0.1) is 0 Å². The Balaban J connectivity index is 1.28. The fourth-order valence-corrected chi connectivity index (χ4v) is 8.19. The first-order valence-electron chi connectivity index (χ1n) is 16.1. The van der Waals surface area contributed by atoms with Gasteiger partial charge < -0.3 is 14.2 Å². The maximum atomic E-state index is 14.2. The van der Waals surface area contributed by atoms with Crippen LogP contribution in [0.1, 0.15) is 85.7 Å². The van der Waals surface area contributed by atoms with Crippen LogP contribution in [0.4, 0.5) is 0 Å². The van der Waals surface area contributed by atoms with Crippen LogP contribution in [0.5, 0.6) is 0 Å². The van der Waals surface area contributed by atoms with Gasteiger partial charge in [-0.25, -0.2) is 4.79 Å². The van der Waals surface area contributed by atoms with Gasteiger partial charge in [-0.05, 0) is 79.8 Å². The minimum atomic E-state index is -0.331. The number of hydrogen-bond acceptors (Lipinski definition) is 4. The first-order chi connectivity index (χ1) is 20.5. The fourth-order valence-electron chi connectivity index (χ4n) is 8.19. The number of carbonyl (C=O) groups excluding carboxylic acids is 2.